The number of carbonyl (C=O) groups is 1. The molecule has 2 N–H and O–H groups in total. The molecule has 2 aromatic heterocycles. The summed E-state index contributed by atoms with van der Waals surface area (Å²) >= 11 is 0. The molecule has 0 radical (unpaired) electrons. The first-order valence-electron chi connectivity index (χ1n) is 10.7. The first-order chi connectivity index (χ1) is 16.9. The number of carbonyl (C=O) groups excluding carboxylic acids is 1. The number of ether oxygens (including phenoxy) is 1. The van der Waals surface area contributed by atoms with Crippen molar-refractivity contribution in [2.45, 2.75) is 43.7 Å². The van der Waals surface area contributed by atoms with Gasteiger partial charge in [-0.3, -0.25) is 14.6 Å². The van der Waals surface area contributed by atoms with E-state index in [0.29, 0.717) is 0 Å². The standard InChI is InChI=1S/C23H19F5N4O4/c24-22(25)9-1-4-17(19(22)33)30-20(34)16-11-18(13-5-7-15(8-6-13)36-23(26,27)28)31-32(21(16)35)14-3-2-10-29-12-14/h2-3,5-8,10-12,17,19,33H,1,4,9H2,(H,30,34)/t17-,19+/m1/s1. The number of alkyl halides is 5. The molecular formula is C23H19F5N4O4. The number of pyridine rings is 1. The van der Waals surface area contributed by atoms with E-state index in [1.807, 2.05) is 0 Å². The fourth-order valence-corrected chi connectivity index (χ4v) is 3.83. The largest absolute Gasteiger partial charge is 0.573 e. The quantitative estimate of drug-likeness (QED) is 0.510. The zero-order valence-corrected chi connectivity index (χ0v) is 18.4. The number of halogens is 5. The van der Waals surface area contributed by atoms with Gasteiger partial charge in [-0.15, -0.1) is 13.2 Å². The van der Waals surface area contributed by atoms with E-state index in [2.05, 4.69) is 20.1 Å². The molecule has 0 aliphatic heterocycles. The van der Waals surface area contributed by atoms with Crippen molar-refractivity contribution in [2.75, 3.05) is 0 Å². The highest BCUT2D eigenvalue weighted by Crippen LogP contribution is 2.34. The summed E-state index contributed by atoms with van der Waals surface area (Å²) in [7, 11) is 0. The molecule has 13 heteroatoms. The van der Waals surface area contributed by atoms with Crippen LogP contribution in [0.1, 0.15) is 29.6 Å². The molecule has 1 aromatic carbocycles. The van der Waals surface area contributed by atoms with Crippen LogP contribution in [-0.4, -0.2) is 50.2 Å². The number of nitrogens with one attached hydrogen (secondary N) is 1. The molecule has 2 heterocycles. The predicted octanol–water partition coefficient (Wildman–Crippen LogP) is 3.47. The number of hydrogen-bond donors (Lipinski definition) is 2. The number of rotatable bonds is 5. The van der Waals surface area contributed by atoms with Gasteiger partial charge in [0.05, 0.1) is 23.6 Å². The molecule has 0 spiro atoms. The third-order valence-corrected chi connectivity index (χ3v) is 5.59. The Balaban J connectivity index is 1.73. The summed E-state index contributed by atoms with van der Waals surface area (Å²) in [6, 6.07) is 7.36. The van der Waals surface area contributed by atoms with Crippen LogP contribution in [0.3, 0.4) is 0 Å². The Labute approximate surface area is 200 Å². The van der Waals surface area contributed by atoms with E-state index in [4.69, 9.17) is 0 Å². The molecule has 4 rings (SSSR count). The minimum atomic E-state index is -4.89. The van der Waals surface area contributed by atoms with Crippen molar-refractivity contribution >= 4 is 5.91 Å². The van der Waals surface area contributed by atoms with Gasteiger partial charge in [0.25, 0.3) is 17.4 Å². The lowest BCUT2D eigenvalue weighted by Crippen LogP contribution is -2.54. The van der Waals surface area contributed by atoms with E-state index in [9.17, 15) is 36.6 Å². The van der Waals surface area contributed by atoms with E-state index in [1.165, 1.54) is 36.7 Å². The van der Waals surface area contributed by atoms with Crippen LogP contribution >= 0.6 is 0 Å². The molecule has 3 aromatic rings. The highest BCUT2D eigenvalue weighted by atomic mass is 19.4. The number of nitrogens with zero attached hydrogens (tertiary/aromatic N) is 3. The Morgan fingerprint density at radius 1 is 1.19 bits per heavy atom. The number of benzene rings is 1. The summed E-state index contributed by atoms with van der Waals surface area (Å²) < 4.78 is 70.0. The second-order valence-corrected chi connectivity index (χ2v) is 8.12. The van der Waals surface area contributed by atoms with Gasteiger partial charge in [-0.2, -0.15) is 9.78 Å². The van der Waals surface area contributed by atoms with E-state index in [0.717, 1.165) is 22.9 Å². The molecule has 1 amide bonds. The van der Waals surface area contributed by atoms with Crippen LogP contribution in [0.15, 0.2) is 59.7 Å². The lowest BCUT2D eigenvalue weighted by atomic mass is 9.89. The van der Waals surface area contributed by atoms with Crippen molar-refractivity contribution in [1.82, 2.24) is 20.1 Å². The maximum absolute atomic E-state index is 13.9. The van der Waals surface area contributed by atoms with E-state index >= 15 is 0 Å². The zero-order chi connectivity index (χ0) is 26.1. The summed E-state index contributed by atoms with van der Waals surface area (Å²) in [6.45, 7) is 0. The van der Waals surface area contributed by atoms with Gasteiger partial charge in [0.1, 0.15) is 17.4 Å². The van der Waals surface area contributed by atoms with Gasteiger partial charge in [0.2, 0.25) is 0 Å². The van der Waals surface area contributed by atoms with Crippen LogP contribution in [0.5, 0.6) is 5.75 Å². The first kappa shape index (κ1) is 25.2. The smallest absolute Gasteiger partial charge is 0.406 e. The lowest BCUT2D eigenvalue weighted by molar-refractivity contribution is -0.274. The molecule has 0 bridgehead atoms. The molecule has 0 saturated heterocycles. The van der Waals surface area contributed by atoms with Crippen LogP contribution in [-0.2, 0) is 0 Å². The highest BCUT2D eigenvalue weighted by molar-refractivity contribution is 5.95. The maximum atomic E-state index is 13.9. The van der Waals surface area contributed by atoms with Gasteiger partial charge < -0.3 is 15.2 Å². The molecule has 36 heavy (non-hydrogen) atoms. The van der Waals surface area contributed by atoms with E-state index in [1.54, 1.807) is 0 Å². The molecule has 1 aliphatic rings. The van der Waals surface area contributed by atoms with Crippen molar-refractivity contribution in [3.8, 4) is 22.7 Å². The van der Waals surface area contributed by atoms with Gasteiger partial charge in [-0.25, -0.2) is 8.78 Å². The monoisotopic (exact) mass is 510 g/mol. The number of aliphatic hydroxyl groups is 1. The third kappa shape index (κ3) is 5.51. The van der Waals surface area contributed by atoms with Gasteiger partial charge in [-0.1, -0.05) is 0 Å². The molecule has 2 atom stereocenters. The maximum Gasteiger partial charge on any atom is 0.573 e. The van der Waals surface area contributed by atoms with E-state index < -0.39 is 53.6 Å². The van der Waals surface area contributed by atoms with Crippen molar-refractivity contribution in [1.29, 1.82) is 0 Å². The van der Waals surface area contributed by atoms with E-state index in [-0.39, 0.29) is 29.8 Å². The predicted molar refractivity (Wildman–Crippen MR) is 116 cm³/mol. The molecule has 1 aliphatic carbocycles. The van der Waals surface area contributed by atoms with Gasteiger partial charge >= 0.3 is 6.36 Å². The summed E-state index contributed by atoms with van der Waals surface area (Å²) in [4.78, 5) is 30.0. The Morgan fingerprint density at radius 2 is 1.92 bits per heavy atom. The first-order valence-corrected chi connectivity index (χ1v) is 10.7. The van der Waals surface area contributed by atoms with Crippen LogP contribution in [0.2, 0.25) is 0 Å². The zero-order valence-electron chi connectivity index (χ0n) is 18.4. The molecular weight excluding hydrogens is 491 g/mol. The Kier molecular flexibility index (Phi) is 6.76. The van der Waals surface area contributed by atoms with Crippen LogP contribution < -0.4 is 15.6 Å². The van der Waals surface area contributed by atoms with Gasteiger partial charge in [0, 0.05) is 18.2 Å². The molecule has 1 fully saturated rings. The third-order valence-electron chi connectivity index (χ3n) is 5.59. The average molecular weight is 510 g/mol. The van der Waals surface area contributed by atoms with Crippen LogP contribution in [0, 0.1) is 0 Å². The summed E-state index contributed by atoms with van der Waals surface area (Å²) in [5, 5.41) is 16.5. The topological polar surface area (TPSA) is 106 Å². The van der Waals surface area contributed by atoms with Crippen LogP contribution in [0.25, 0.3) is 16.9 Å². The van der Waals surface area contributed by atoms with Crippen molar-refractivity contribution in [3.63, 3.8) is 0 Å². The number of aromatic nitrogens is 3. The van der Waals surface area contributed by atoms with Crippen molar-refractivity contribution < 1.29 is 36.6 Å². The fraction of sp³-hybridized carbons (Fsp3) is 0.304. The summed E-state index contributed by atoms with van der Waals surface area (Å²) in [5.41, 5.74) is -0.921. The Bertz CT molecular complexity index is 1300. The minimum Gasteiger partial charge on any atom is -0.406 e. The molecule has 1 saturated carbocycles. The highest BCUT2D eigenvalue weighted by Gasteiger charge is 2.46. The van der Waals surface area contributed by atoms with Crippen LogP contribution in [0.4, 0.5) is 22.0 Å². The Morgan fingerprint density at radius 3 is 2.56 bits per heavy atom. The van der Waals surface area contributed by atoms with Crippen molar-refractivity contribution in [2.24, 2.45) is 0 Å². The fourth-order valence-electron chi connectivity index (χ4n) is 3.83. The van der Waals surface area contributed by atoms with Gasteiger partial charge in [0.15, 0.2) is 0 Å². The Hall–Kier alpha value is -3.87. The molecule has 0 unspecified atom stereocenters. The average Bonchev–Trinajstić information content (AvgIpc) is 2.82. The second-order valence-electron chi connectivity index (χ2n) is 8.12. The van der Waals surface area contributed by atoms with Crippen molar-refractivity contribution in [3.05, 3.63) is 70.8 Å². The van der Waals surface area contributed by atoms with Gasteiger partial charge in [-0.05, 0) is 55.3 Å². The number of aliphatic hydroxyl groups excluding tert-OH is 1. The number of hydrogen-bond acceptors (Lipinski definition) is 6. The normalized spacial score (nSPS) is 19.5. The molecule has 190 valence electrons. The lowest BCUT2D eigenvalue weighted by Gasteiger charge is -2.34. The number of amides is 1. The summed E-state index contributed by atoms with van der Waals surface area (Å²) in [6.07, 6.45) is -4.67. The second kappa shape index (κ2) is 9.64. The summed E-state index contributed by atoms with van der Waals surface area (Å²) in [5.74, 6) is -4.90. The molecule has 8 nitrogen and oxygen atoms in total. The SMILES string of the molecule is O=C(N[C@@H]1CCCC(F)(F)[C@H]1O)c1cc(-c2ccc(OC(F)(F)F)cc2)nn(-c2cccnc2)c1=O. The minimum absolute atomic E-state index is 0.0247.